The molecule has 0 aromatic heterocycles. The second-order valence-corrected chi connectivity index (χ2v) is 6.77. The van der Waals surface area contributed by atoms with Gasteiger partial charge in [-0.05, 0) is 27.7 Å². The Labute approximate surface area is 133 Å². The van der Waals surface area contributed by atoms with Gasteiger partial charge in [0.15, 0.2) is 24.0 Å². The van der Waals surface area contributed by atoms with E-state index in [1.165, 1.54) is 0 Å². The fraction of sp³-hybridized carbons (Fsp3) is 0.857. The zero-order valence-corrected chi connectivity index (χ0v) is 13.5. The van der Waals surface area contributed by atoms with E-state index in [-0.39, 0.29) is 6.54 Å². The predicted molar refractivity (Wildman–Crippen MR) is 74.7 cm³/mol. The predicted octanol–water partition coefficient (Wildman–Crippen LogP) is -1.02. The molecule has 3 N–H and O–H groups in total. The molecule has 0 aromatic carbocycles. The summed E-state index contributed by atoms with van der Waals surface area (Å²) < 4.78 is 28.9. The number of nitrogens with one attached hydrogen (secondary N) is 1. The van der Waals surface area contributed by atoms with E-state index in [0.717, 1.165) is 0 Å². The van der Waals surface area contributed by atoms with Crippen LogP contribution in [0.4, 0.5) is 0 Å². The SMILES string of the molecule is CC1(C)O[C@H]2[C@@H](O1)[C@@H](C(=O)NCC(N)=O)O[C@H]1OC(C)(C)O[C@@H]12. The van der Waals surface area contributed by atoms with Gasteiger partial charge >= 0.3 is 0 Å². The first-order valence-electron chi connectivity index (χ1n) is 7.51. The molecule has 0 spiro atoms. The second-order valence-electron chi connectivity index (χ2n) is 6.77. The van der Waals surface area contributed by atoms with Crippen LogP contribution in [0.3, 0.4) is 0 Å². The molecule has 3 rings (SSSR count). The molecule has 23 heavy (non-hydrogen) atoms. The monoisotopic (exact) mass is 330 g/mol. The number of amides is 2. The lowest BCUT2D eigenvalue weighted by Gasteiger charge is -2.36. The van der Waals surface area contributed by atoms with Crippen LogP contribution in [-0.4, -0.2) is 60.6 Å². The Morgan fingerprint density at radius 1 is 0.957 bits per heavy atom. The first-order valence-corrected chi connectivity index (χ1v) is 7.51. The van der Waals surface area contributed by atoms with Crippen LogP contribution in [-0.2, 0) is 33.3 Å². The molecule has 0 radical (unpaired) electrons. The van der Waals surface area contributed by atoms with Gasteiger partial charge in [-0.15, -0.1) is 0 Å². The summed E-state index contributed by atoms with van der Waals surface area (Å²) in [4.78, 5) is 23.2. The van der Waals surface area contributed by atoms with Crippen molar-refractivity contribution in [3.8, 4) is 0 Å². The van der Waals surface area contributed by atoms with Crippen molar-refractivity contribution in [2.75, 3.05) is 6.54 Å². The fourth-order valence-corrected chi connectivity index (χ4v) is 3.10. The molecule has 9 nitrogen and oxygen atoms in total. The Morgan fingerprint density at radius 2 is 1.52 bits per heavy atom. The van der Waals surface area contributed by atoms with E-state index in [0.29, 0.717) is 0 Å². The second kappa shape index (κ2) is 5.38. The van der Waals surface area contributed by atoms with Gasteiger partial charge in [0.05, 0.1) is 6.54 Å². The molecule has 0 saturated carbocycles. The summed E-state index contributed by atoms with van der Waals surface area (Å²) in [5.74, 6) is -2.89. The van der Waals surface area contributed by atoms with Gasteiger partial charge in [0, 0.05) is 0 Å². The zero-order chi connectivity index (χ0) is 17.0. The molecule has 5 atom stereocenters. The maximum atomic E-state index is 12.3. The number of ether oxygens (including phenoxy) is 5. The zero-order valence-electron chi connectivity index (χ0n) is 13.5. The topological polar surface area (TPSA) is 118 Å². The highest BCUT2D eigenvalue weighted by atomic mass is 16.9. The largest absolute Gasteiger partial charge is 0.368 e. The van der Waals surface area contributed by atoms with Gasteiger partial charge in [0.1, 0.15) is 18.3 Å². The highest BCUT2D eigenvalue weighted by Gasteiger charge is 2.62. The molecule has 3 saturated heterocycles. The maximum absolute atomic E-state index is 12.3. The van der Waals surface area contributed by atoms with Crippen molar-refractivity contribution in [3.63, 3.8) is 0 Å². The average molecular weight is 330 g/mol. The smallest absolute Gasteiger partial charge is 0.252 e. The van der Waals surface area contributed by atoms with E-state index in [4.69, 9.17) is 29.4 Å². The minimum absolute atomic E-state index is 0.280. The van der Waals surface area contributed by atoms with Crippen molar-refractivity contribution in [1.29, 1.82) is 0 Å². The third-order valence-corrected chi connectivity index (χ3v) is 3.85. The minimum atomic E-state index is -0.986. The molecule has 9 heteroatoms. The maximum Gasteiger partial charge on any atom is 0.252 e. The molecule has 130 valence electrons. The quantitative estimate of drug-likeness (QED) is 0.680. The number of primary amides is 1. The van der Waals surface area contributed by atoms with Crippen LogP contribution in [0.2, 0.25) is 0 Å². The molecule has 3 heterocycles. The van der Waals surface area contributed by atoms with Crippen molar-refractivity contribution < 1.29 is 33.3 Å². The number of carbonyl (C=O) groups is 2. The van der Waals surface area contributed by atoms with Crippen LogP contribution in [0.15, 0.2) is 0 Å². The summed E-state index contributed by atoms with van der Waals surface area (Å²) in [6, 6.07) is 0. The highest BCUT2D eigenvalue weighted by Crippen LogP contribution is 2.44. The first kappa shape index (κ1) is 16.6. The van der Waals surface area contributed by atoms with Crippen molar-refractivity contribution in [1.82, 2.24) is 5.32 Å². The summed E-state index contributed by atoms with van der Waals surface area (Å²) in [5.41, 5.74) is 5.05. The van der Waals surface area contributed by atoms with Gasteiger partial charge in [-0.3, -0.25) is 9.59 Å². The lowest BCUT2D eigenvalue weighted by atomic mass is 9.98. The van der Waals surface area contributed by atoms with E-state index >= 15 is 0 Å². The third kappa shape index (κ3) is 3.20. The molecule has 0 unspecified atom stereocenters. The Hall–Kier alpha value is -1.26. The molecule has 0 aromatic rings. The van der Waals surface area contributed by atoms with Crippen LogP contribution >= 0.6 is 0 Å². The lowest BCUT2D eigenvalue weighted by molar-refractivity contribution is -0.231. The molecule has 0 aliphatic carbocycles. The van der Waals surface area contributed by atoms with Gasteiger partial charge in [-0.2, -0.15) is 0 Å². The minimum Gasteiger partial charge on any atom is -0.368 e. The Balaban J connectivity index is 1.81. The summed E-state index contributed by atoms with van der Waals surface area (Å²) in [6.45, 7) is 6.73. The summed E-state index contributed by atoms with van der Waals surface area (Å²) in [7, 11) is 0. The van der Waals surface area contributed by atoms with Crippen LogP contribution in [0.5, 0.6) is 0 Å². The number of fused-ring (bicyclic) bond motifs is 3. The number of nitrogens with two attached hydrogens (primary N) is 1. The normalized spacial score (nSPS) is 40.3. The molecular formula is C14H22N2O7. The summed E-state index contributed by atoms with van der Waals surface area (Å²) in [6.07, 6.45) is -3.43. The molecule has 3 aliphatic heterocycles. The van der Waals surface area contributed by atoms with E-state index in [1.54, 1.807) is 27.7 Å². The van der Waals surface area contributed by atoms with Crippen molar-refractivity contribution in [2.24, 2.45) is 5.73 Å². The molecule has 0 bridgehead atoms. The number of rotatable bonds is 3. The van der Waals surface area contributed by atoms with Gasteiger partial charge in [0.2, 0.25) is 5.91 Å². The Morgan fingerprint density at radius 3 is 2.17 bits per heavy atom. The van der Waals surface area contributed by atoms with Gasteiger partial charge < -0.3 is 34.7 Å². The van der Waals surface area contributed by atoms with Gasteiger partial charge in [-0.1, -0.05) is 0 Å². The first-order chi connectivity index (χ1) is 10.6. The van der Waals surface area contributed by atoms with Crippen LogP contribution in [0.1, 0.15) is 27.7 Å². The third-order valence-electron chi connectivity index (χ3n) is 3.85. The van der Waals surface area contributed by atoms with E-state index in [1.807, 2.05) is 0 Å². The van der Waals surface area contributed by atoms with E-state index < -0.39 is 54.1 Å². The van der Waals surface area contributed by atoms with Gasteiger partial charge in [0.25, 0.3) is 5.91 Å². The molecule has 2 amide bonds. The van der Waals surface area contributed by atoms with Crippen LogP contribution in [0, 0.1) is 0 Å². The van der Waals surface area contributed by atoms with Crippen LogP contribution in [0.25, 0.3) is 0 Å². The summed E-state index contributed by atoms with van der Waals surface area (Å²) in [5, 5.41) is 2.42. The molecular weight excluding hydrogens is 308 g/mol. The summed E-state index contributed by atoms with van der Waals surface area (Å²) >= 11 is 0. The van der Waals surface area contributed by atoms with Crippen LogP contribution < -0.4 is 11.1 Å². The average Bonchev–Trinajstić information content (AvgIpc) is 2.89. The highest BCUT2D eigenvalue weighted by molar-refractivity contribution is 5.86. The van der Waals surface area contributed by atoms with E-state index in [9.17, 15) is 9.59 Å². The van der Waals surface area contributed by atoms with Crippen molar-refractivity contribution in [3.05, 3.63) is 0 Å². The standard InChI is InChI=1S/C14H22N2O7/c1-13(2)20-7-8(21-13)10-12(23-14(3,4)22-10)19-9(7)11(18)16-5-6(15)17/h7-10,12H,5H2,1-4H3,(H2,15,17)(H,16,18)/t7-,8+,9+,10-,12+/m1/s1. The number of carbonyl (C=O) groups excluding carboxylic acids is 2. The van der Waals surface area contributed by atoms with Gasteiger partial charge in [-0.25, -0.2) is 0 Å². The Bertz CT molecular complexity index is 521. The molecule has 3 aliphatic rings. The fourth-order valence-electron chi connectivity index (χ4n) is 3.10. The number of hydrogen-bond donors (Lipinski definition) is 2. The molecule has 3 fully saturated rings. The van der Waals surface area contributed by atoms with E-state index in [2.05, 4.69) is 5.32 Å². The lowest BCUT2D eigenvalue weighted by Crippen LogP contribution is -2.59. The van der Waals surface area contributed by atoms with Crippen molar-refractivity contribution >= 4 is 11.8 Å². The number of hydrogen-bond acceptors (Lipinski definition) is 7. The Kier molecular flexibility index (Phi) is 3.88. The van der Waals surface area contributed by atoms with Crippen molar-refractivity contribution in [2.45, 2.75) is 70.0 Å².